The molecule has 5 heteroatoms. The van der Waals surface area contributed by atoms with E-state index in [1.165, 1.54) is 7.11 Å². The molecule has 0 amide bonds. The molecule has 0 aliphatic carbocycles. The minimum absolute atomic E-state index is 0.286. The lowest BCUT2D eigenvalue weighted by Crippen LogP contribution is -2.25. The van der Waals surface area contributed by atoms with Gasteiger partial charge in [0, 0.05) is 12.6 Å². The van der Waals surface area contributed by atoms with Crippen LogP contribution in [-0.4, -0.2) is 22.1 Å². The third-order valence-corrected chi connectivity index (χ3v) is 4.13. The second-order valence-corrected chi connectivity index (χ2v) is 5.72. The zero-order valence-corrected chi connectivity index (χ0v) is 11.5. The van der Waals surface area contributed by atoms with Crippen LogP contribution < -0.4 is 9.46 Å². The van der Waals surface area contributed by atoms with Crippen LogP contribution in [-0.2, 0) is 10.0 Å². The van der Waals surface area contributed by atoms with Gasteiger partial charge in [0.1, 0.15) is 5.75 Å². The molecule has 0 aliphatic heterocycles. The first kappa shape index (κ1) is 14.0. The topological polar surface area (TPSA) is 55.4 Å². The molecule has 0 unspecified atom stereocenters. The van der Waals surface area contributed by atoms with Crippen molar-refractivity contribution in [1.82, 2.24) is 4.72 Å². The molecule has 0 spiro atoms. The molecule has 1 rings (SSSR count). The van der Waals surface area contributed by atoms with Crippen LogP contribution in [0.5, 0.6) is 5.75 Å². The quantitative estimate of drug-likeness (QED) is 0.877. The summed E-state index contributed by atoms with van der Waals surface area (Å²) in [7, 11) is -1.90. The van der Waals surface area contributed by atoms with Crippen molar-refractivity contribution < 1.29 is 13.2 Å². The Kier molecular flexibility index (Phi) is 4.54. The van der Waals surface area contributed by atoms with E-state index in [2.05, 4.69) is 4.72 Å². The Morgan fingerprint density at radius 3 is 2.41 bits per heavy atom. The molecule has 1 aromatic carbocycles. The largest absolute Gasteiger partial charge is 0.496 e. The summed E-state index contributed by atoms with van der Waals surface area (Å²) in [5.41, 5.74) is 1.66. The summed E-state index contributed by atoms with van der Waals surface area (Å²) in [6, 6.07) is 3.39. The molecule has 0 radical (unpaired) electrons. The maximum Gasteiger partial charge on any atom is 0.240 e. The molecular formula is C12H19NO3S. The van der Waals surface area contributed by atoms with Crippen LogP contribution in [0.3, 0.4) is 0 Å². The van der Waals surface area contributed by atoms with Crippen LogP contribution in [0.4, 0.5) is 0 Å². The van der Waals surface area contributed by atoms with Gasteiger partial charge in [-0.15, -0.1) is 0 Å². The number of nitrogens with one attached hydrogen (secondary N) is 1. The van der Waals surface area contributed by atoms with Gasteiger partial charge >= 0.3 is 0 Å². The molecule has 0 bridgehead atoms. The van der Waals surface area contributed by atoms with Crippen LogP contribution in [0.2, 0.25) is 0 Å². The first-order chi connectivity index (χ1) is 7.92. The van der Waals surface area contributed by atoms with E-state index in [1.807, 2.05) is 19.9 Å². The fourth-order valence-corrected chi connectivity index (χ4v) is 3.01. The minimum Gasteiger partial charge on any atom is -0.496 e. The van der Waals surface area contributed by atoms with Gasteiger partial charge in [0.05, 0.1) is 12.0 Å². The van der Waals surface area contributed by atoms with Crippen LogP contribution in [0.15, 0.2) is 17.0 Å². The molecule has 96 valence electrons. The molecule has 4 nitrogen and oxygen atoms in total. The van der Waals surface area contributed by atoms with E-state index in [1.54, 1.807) is 13.0 Å². The molecule has 0 saturated heterocycles. The molecule has 0 saturated carbocycles. The Labute approximate surface area is 103 Å². The lowest BCUT2D eigenvalue weighted by Gasteiger charge is -2.12. The molecule has 1 aromatic rings. The predicted octanol–water partition coefficient (Wildman–Crippen LogP) is 2.00. The summed E-state index contributed by atoms with van der Waals surface area (Å²) < 4.78 is 31.8. The normalized spacial score (nSPS) is 11.5. The number of methoxy groups -OCH3 is 1. The van der Waals surface area contributed by atoms with Crippen molar-refractivity contribution in [2.75, 3.05) is 13.7 Å². The molecule has 0 atom stereocenters. The number of hydrogen-bond donors (Lipinski definition) is 1. The van der Waals surface area contributed by atoms with Crippen molar-refractivity contribution in [3.8, 4) is 5.75 Å². The average Bonchev–Trinajstić information content (AvgIpc) is 2.26. The smallest absolute Gasteiger partial charge is 0.240 e. The average molecular weight is 257 g/mol. The van der Waals surface area contributed by atoms with Crippen molar-refractivity contribution in [3.05, 3.63) is 23.3 Å². The highest BCUT2D eigenvalue weighted by atomic mass is 32.2. The number of ether oxygens (including phenoxy) is 1. The Morgan fingerprint density at radius 1 is 1.24 bits per heavy atom. The van der Waals surface area contributed by atoms with Gasteiger partial charge in [-0.05, 0) is 31.4 Å². The van der Waals surface area contributed by atoms with E-state index < -0.39 is 10.0 Å². The summed E-state index contributed by atoms with van der Waals surface area (Å²) >= 11 is 0. The Morgan fingerprint density at radius 2 is 1.88 bits per heavy atom. The molecule has 0 heterocycles. The van der Waals surface area contributed by atoms with Gasteiger partial charge in [-0.1, -0.05) is 13.0 Å². The number of hydrogen-bond acceptors (Lipinski definition) is 3. The number of sulfonamides is 1. The van der Waals surface area contributed by atoms with Crippen LogP contribution in [0.25, 0.3) is 0 Å². The van der Waals surface area contributed by atoms with E-state index in [-0.39, 0.29) is 4.90 Å². The maximum atomic E-state index is 12.0. The predicted molar refractivity (Wildman–Crippen MR) is 67.9 cm³/mol. The second kappa shape index (κ2) is 5.51. The van der Waals surface area contributed by atoms with Crippen molar-refractivity contribution in [2.24, 2.45) is 0 Å². The molecule has 17 heavy (non-hydrogen) atoms. The second-order valence-electron chi connectivity index (χ2n) is 3.99. The van der Waals surface area contributed by atoms with Gasteiger partial charge in [-0.2, -0.15) is 0 Å². The standard InChI is InChI=1S/C12H19NO3S/c1-5-6-13-17(14,15)12-8-11(16-4)9(2)7-10(12)3/h7-8,13H,5-6H2,1-4H3. The van der Waals surface area contributed by atoms with Crippen LogP contribution in [0.1, 0.15) is 24.5 Å². The van der Waals surface area contributed by atoms with Crippen molar-refractivity contribution >= 4 is 10.0 Å². The van der Waals surface area contributed by atoms with Crippen molar-refractivity contribution in [3.63, 3.8) is 0 Å². The highest BCUT2D eigenvalue weighted by molar-refractivity contribution is 7.89. The summed E-state index contributed by atoms with van der Waals surface area (Å²) in [6.07, 6.45) is 0.765. The lowest BCUT2D eigenvalue weighted by atomic mass is 10.1. The third kappa shape index (κ3) is 3.20. The molecule has 1 N–H and O–H groups in total. The Bertz CT molecular complexity index is 495. The van der Waals surface area contributed by atoms with Crippen LogP contribution >= 0.6 is 0 Å². The lowest BCUT2D eigenvalue weighted by molar-refractivity contribution is 0.410. The monoisotopic (exact) mass is 257 g/mol. The molecule has 0 aliphatic rings. The third-order valence-electron chi connectivity index (χ3n) is 2.52. The first-order valence-electron chi connectivity index (χ1n) is 5.57. The Hall–Kier alpha value is -1.07. The van der Waals surface area contributed by atoms with E-state index in [4.69, 9.17) is 4.74 Å². The summed E-state index contributed by atoms with van der Waals surface area (Å²) in [4.78, 5) is 0.286. The fourth-order valence-electron chi connectivity index (χ4n) is 1.64. The highest BCUT2D eigenvalue weighted by Gasteiger charge is 2.18. The SMILES string of the molecule is CCCNS(=O)(=O)c1cc(OC)c(C)cc1C. The van der Waals surface area contributed by atoms with Crippen molar-refractivity contribution in [2.45, 2.75) is 32.1 Å². The molecule has 0 aromatic heterocycles. The van der Waals surface area contributed by atoms with Gasteiger partial charge in [0.25, 0.3) is 0 Å². The van der Waals surface area contributed by atoms with E-state index >= 15 is 0 Å². The van der Waals surface area contributed by atoms with Gasteiger partial charge in [0.15, 0.2) is 0 Å². The fraction of sp³-hybridized carbons (Fsp3) is 0.500. The van der Waals surface area contributed by atoms with Gasteiger partial charge < -0.3 is 4.74 Å². The van der Waals surface area contributed by atoms with Gasteiger partial charge in [-0.3, -0.25) is 0 Å². The molecule has 0 fully saturated rings. The van der Waals surface area contributed by atoms with E-state index in [0.717, 1.165) is 17.5 Å². The van der Waals surface area contributed by atoms with E-state index in [0.29, 0.717) is 12.3 Å². The first-order valence-corrected chi connectivity index (χ1v) is 7.05. The zero-order valence-electron chi connectivity index (χ0n) is 10.7. The summed E-state index contributed by atoms with van der Waals surface area (Å²) in [6.45, 7) is 6.04. The summed E-state index contributed by atoms with van der Waals surface area (Å²) in [5, 5.41) is 0. The zero-order chi connectivity index (χ0) is 13.1. The number of aryl methyl sites for hydroxylation is 2. The Balaban J connectivity index is 3.22. The molecular weight excluding hydrogens is 238 g/mol. The maximum absolute atomic E-state index is 12.0. The number of benzene rings is 1. The summed E-state index contributed by atoms with van der Waals surface area (Å²) in [5.74, 6) is 0.590. The van der Waals surface area contributed by atoms with Crippen LogP contribution in [0, 0.1) is 13.8 Å². The van der Waals surface area contributed by atoms with E-state index in [9.17, 15) is 8.42 Å². The number of rotatable bonds is 5. The minimum atomic E-state index is -3.43. The van der Waals surface area contributed by atoms with Crippen molar-refractivity contribution in [1.29, 1.82) is 0 Å². The highest BCUT2D eigenvalue weighted by Crippen LogP contribution is 2.25. The van der Waals surface area contributed by atoms with Gasteiger partial charge in [0.2, 0.25) is 10.0 Å². The van der Waals surface area contributed by atoms with Gasteiger partial charge in [-0.25, -0.2) is 13.1 Å².